The molecule has 1 heterocycles. The molecule has 82 valence electrons. The molecule has 1 fully saturated rings. The lowest BCUT2D eigenvalue weighted by Gasteiger charge is -2.13. The Kier molecular flexibility index (Phi) is 3.02. The van der Waals surface area contributed by atoms with E-state index in [1.165, 1.54) is 0 Å². The molecule has 1 aromatic carbocycles. The van der Waals surface area contributed by atoms with Crippen molar-refractivity contribution in [1.29, 1.82) is 0 Å². The Bertz CT molecular complexity index is 389. The van der Waals surface area contributed by atoms with E-state index in [2.05, 4.69) is 21.2 Å². The summed E-state index contributed by atoms with van der Waals surface area (Å²) >= 11 is 2.71. The van der Waals surface area contributed by atoms with Crippen LogP contribution in [0.2, 0.25) is 0 Å². The standard InChI is InChI=1S/C10H9BrF3N/c11-8-9(13)5(4-6(12)10(8)14)7-2-1-3-15-7/h4,7,15H,1-3H2/t7-/m1/s1. The fraction of sp³-hybridized carbons (Fsp3) is 0.400. The summed E-state index contributed by atoms with van der Waals surface area (Å²) in [5.41, 5.74) is 0.193. The minimum Gasteiger partial charge on any atom is -0.310 e. The summed E-state index contributed by atoms with van der Waals surface area (Å²) in [6.45, 7) is 0.778. The van der Waals surface area contributed by atoms with Crippen molar-refractivity contribution >= 4 is 15.9 Å². The summed E-state index contributed by atoms with van der Waals surface area (Å²) in [5, 5.41) is 3.04. The van der Waals surface area contributed by atoms with Crippen molar-refractivity contribution in [2.24, 2.45) is 0 Å². The first-order valence-corrected chi connectivity index (χ1v) is 5.47. The Hall–Kier alpha value is -0.550. The Morgan fingerprint density at radius 2 is 2.00 bits per heavy atom. The van der Waals surface area contributed by atoms with Crippen LogP contribution in [0.15, 0.2) is 10.5 Å². The zero-order valence-corrected chi connectivity index (χ0v) is 9.37. The maximum atomic E-state index is 13.6. The molecule has 1 aromatic rings. The molecule has 0 unspecified atom stereocenters. The first kappa shape index (κ1) is 11.0. The van der Waals surface area contributed by atoms with Crippen molar-refractivity contribution in [2.45, 2.75) is 18.9 Å². The average molecular weight is 280 g/mol. The molecule has 0 amide bonds. The van der Waals surface area contributed by atoms with E-state index in [9.17, 15) is 13.2 Å². The van der Waals surface area contributed by atoms with Gasteiger partial charge in [-0.3, -0.25) is 0 Å². The van der Waals surface area contributed by atoms with Crippen molar-refractivity contribution in [2.75, 3.05) is 6.54 Å². The highest BCUT2D eigenvalue weighted by atomic mass is 79.9. The third kappa shape index (κ3) is 1.90. The Morgan fingerprint density at radius 3 is 2.60 bits per heavy atom. The highest BCUT2D eigenvalue weighted by Gasteiger charge is 2.24. The van der Waals surface area contributed by atoms with Crippen LogP contribution in [0, 0.1) is 17.5 Å². The molecule has 1 aliphatic rings. The Labute approximate surface area is 93.8 Å². The number of halogens is 4. The van der Waals surface area contributed by atoms with E-state index in [0.29, 0.717) is 0 Å². The monoisotopic (exact) mass is 279 g/mol. The lowest BCUT2D eigenvalue weighted by atomic mass is 10.0. The van der Waals surface area contributed by atoms with Crippen molar-refractivity contribution in [3.63, 3.8) is 0 Å². The third-order valence-corrected chi connectivity index (χ3v) is 3.26. The second-order valence-corrected chi connectivity index (χ2v) is 4.33. The number of rotatable bonds is 1. The third-order valence-electron chi connectivity index (χ3n) is 2.57. The second kappa shape index (κ2) is 4.14. The van der Waals surface area contributed by atoms with E-state index < -0.39 is 21.9 Å². The lowest BCUT2D eigenvalue weighted by molar-refractivity contribution is 0.472. The molecule has 15 heavy (non-hydrogen) atoms. The van der Waals surface area contributed by atoms with Gasteiger partial charge in [0.05, 0.1) is 4.47 Å². The first-order chi connectivity index (χ1) is 7.11. The van der Waals surface area contributed by atoms with Crippen LogP contribution < -0.4 is 5.32 Å². The largest absolute Gasteiger partial charge is 0.310 e. The van der Waals surface area contributed by atoms with Crippen LogP contribution in [0.4, 0.5) is 13.2 Å². The summed E-state index contributed by atoms with van der Waals surface area (Å²) in [4.78, 5) is 0. The van der Waals surface area contributed by atoms with Crippen LogP contribution in [-0.2, 0) is 0 Å². The molecule has 0 radical (unpaired) electrons. The fourth-order valence-corrected chi connectivity index (χ4v) is 2.21. The molecule has 1 nitrogen and oxygen atoms in total. The van der Waals surface area contributed by atoms with Gasteiger partial charge < -0.3 is 5.32 Å². The molecule has 1 saturated heterocycles. The predicted octanol–water partition coefficient (Wildman–Crippen LogP) is 3.29. The molecule has 0 bridgehead atoms. The summed E-state index contributed by atoms with van der Waals surface area (Å²) in [7, 11) is 0. The molecule has 1 aliphatic heterocycles. The lowest BCUT2D eigenvalue weighted by Crippen LogP contribution is -2.15. The van der Waals surface area contributed by atoms with Crippen molar-refractivity contribution in [1.82, 2.24) is 5.32 Å². The minimum absolute atomic E-state index is 0.193. The molecular weight excluding hydrogens is 271 g/mol. The zero-order chi connectivity index (χ0) is 11.0. The molecule has 5 heteroatoms. The average Bonchev–Trinajstić information content (AvgIpc) is 2.73. The highest BCUT2D eigenvalue weighted by Crippen LogP contribution is 2.32. The Morgan fingerprint density at radius 1 is 1.27 bits per heavy atom. The van der Waals surface area contributed by atoms with Gasteiger partial charge in [-0.25, -0.2) is 13.2 Å². The smallest absolute Gasteiger partial charge is 0.175 e. The second-order valence-electron chi connectivity index (χ2n) is 3.54. The Balaban J connectivity index is 2.47. The maximum Gasteiger partial charge on any atom is 0.175 e. The summed E-state index contributed by atoms with van der Waals surface area (Å²) in [5.74, 6) is -2.91. The van der Waals surface area contributed by atoms with Gasteiger partial charge in [-0.05, 0) is 41.4 Å². The minimum atomic E-state index is -1.17. The van der Waals surface area contributed by atoms with E-state index in [4.69, 9.17) is 0 Å². The number of benzene rings is 1. The highest BCUT2D eigenvalue weighted by molar-refractivity contribution is 9.10. The van der Waals surface area contributed by atoms with E-state index in [-0.39, 0.29) is 11.6 Å². The predicted molar refractivity (Wildman–Crippen MR) is 54.0 cm³/mol. The summed E-state index contributed by atoms with van der Waals surface area (Å²) in [6.07, 6.45) is 1.66. The van der Waals surface area contributed by atoms with Crippen LogP contribution in [0.3, 0.4) is 0 Å². The molecule has 0 spiro atoms. The van der Waals surface area contributed by atoms with E-state index in [1.807, 2.05) is 0 Å². The summed E-state index contributed by atoms with van der Waals surface area (Å²) in [6, 6.07) is 0.717. The van der Waals surface area contributed by atoms with Gasteiger partial charge in [-0.1, -0.05) is 0 Å². The number of hydrogen-bond acceptors (Lipinski definition) is 1. The van der Waals surface area contributed by atoms with Gasteiger partial charge in [0.15, 0.2) is 11.6 Å². The quantitative estimate of drug-likeness (QED) is 0.615. The van der Waals surface area contributed by atoms with Crippen LogP contribution in [-0.4, -0.2) is 6.54 Å². The van der Waals surface area contributed by atoms with Gasteiger partial charge in [0.25, 0.3) is 0 Å². The molecule has 1 N–H and O–H groups in total. The van der Waals surface area contributed by atoms with Gasteiger partial charge in [0.1, 0.15) is 5.82 Å². The van der Waals surface area contributed by atoms with Gasteiger partial charge in [-0.15, -0.1) is 0 Å². The topological polar surface area (TPSA) is 12.0 Å². The normalized spacial score (nSPS) is 20.9. The van der Waals surface area contributed by atoms with Gasteiger partial charge in [-0.2, -0.15) is 0 Å². The van der Waals surface area contributed by atoms with Crippen LogP contribution in [0.5, 0.6) is 0 Å². The van der Waals surface area contributed by atoms with Crippen LogP contribution in [0.25, 0.3) is 0 Å². The molecular formula is C10H9BrF3N. The molecule has 0 aliphatic carbocycles. The first-order valence-electron chi connectivity index (χ1n) is 4.67. The number of hydrogen-bond donors (Lipinski definition) is 1. The van der Waals surface area contributed by atoms with Crippen molar-refractivity contribution in [3.8, 4) is 0 Å². The molecule has 0 aromatic heterocycles. The fourth-order valence-electron chi connectivity index (χ4n) is 1.79. The van der Waals surface area contributed by atoms with Crippen LogP contribution >= 0.6 is 15.9 Å². The van der Waals surface area contributed by atoms with E-state index in [1.54, 1.807) is 0 Å². The van der Waals surface area contributed by atoms with Crippen molar-refractivity contribution in [3.05, 3.63) is 33.6 Å². The van der Waals surface area contributed by atoms with Gasteiger partial charge in [0, 0.05) is 11.6 Å². The van der Waals surface area contributed by atoms with Gasteiger partial charge >= 0.3 is 0 Å². The van der Waals surface area contributed by atoms with Crippen LogP contribution in [0.1, 0.15) is 24.4 Å². The maximum absolute atomic E-state index is 13.6. The van der Waals surface area contributed by atoms with Crippen molar-refractivity contribution < 1.29 is 13.2 Å². The number of nitrogens with one attached hydrogen (secondary N) is 1. The SMILES string of the molecule is Fc1cc([C@H]2CCCN2)c(F)c(Br)c1F. The molecule has 2 rings (SSSR count). The van der Waals surface area contributed by atoms with E-state index >= 15 is 0 Å². The molecule has 0 saturated carbocycles. The van der Waals surface area contributed by atoms with E-state index in [0.717, 1.165) is 25.5 Å². The summed E-state index contributed by atoms with van der Waals surface area (Å²) < 4.78 is 39.2. The van der Waals surface area contributed by atoms with Gasteiger partial charge in [0.2, 0.25) is 0 Å². The molecule has 1 atom stereocenters. The zero-order valence-electron chi connectivity index (χ0n) is 7.79.